The highest BCUT2D eigenvalue weighted by Crippen LogP contribution is 2.32. The molecule has 0 spiro atoms. The lowest BCUT2D eigenvalue weighted by Gasteiger charge is -2.46. The predicted molar refractivity (Wildman–Crippen MR) is 202 cm³/mol. The van der Waals surface area contributed by atoms with Gasteiger partial charge in [-0.25, -0.2) is 4.79 Å². The van der Waals surface area contributed by atoms with Gasteiger partial charge in [0.15, 0.2) is 11.5 Å². The first kappa shape index (κ1) is 44.2. The molecule has 0 aliphatic carbocycles. The Kier molecular flexibility index (Phi) is 14.4. The fraction of sp³-hybridized carbons (Fsp3) is 0.342. The van der Waals surface area contributed by atoms with Gasteiger partial charge in [-0.3, -0.25) is 4.79 Å². The second-order valence-electron chi connectivity index (χ2n) is 13.5. The Labute approximate surface area is 331 Å². The third-order valence-electron chi connectivity index (χ3n) is 9.09. The van der Waals surface area contributed by atoms with E-state index in [2.05, 4.69) is 12.4 Å². The van der Waals surface area contributed by atoms with Crippen molar-refractivity contribution in [2.24, 2.45) is 5.73 Å². The summed E-state index contributed by atoms with van der Waals surface area (Å²) in [6.45, 7) is 3.87. The van der Waals surface area contributed by atoms with Crippen LogP contribution in [0.5, 0.6) is 23.0 Å². The molecule has 0 radical (unpaired) electrons. The minimum Gasteiger partial charge on any atom is -0.542 e. The second-order valence-corrected chi connectivity index (χ2v) is 16.2. The van der Waals surface area contributed by atoms with Gasteiger partial charge < -0.3 is 49.1 Å². The molecule has 2 heterocycles. The van der Waals surface area contributed by atoms with E-state index >= 15 is 0 Å². The maximum Gasteiger partial charge on any atom is 0.430 e. The van der Waals surface area contributed by atoms with Crippen molar-refractivity contribution in [3.63, 3.8) is 0 Å². The van der Waals surface area contributed by atoms with Crippen molar-refractivity contribution in [1.29, 1.82) is 0 Å². The molecule has 1 saturated heterocycles. The van der Waals surface area contributed by atoms with E-state index in [4.69, 9.17) is 29.3 Å². The number of aromatic hydroxyl groups is 1. The van der Waals surface area contributed by atoms with Gasteiger partial charge in [0.2, 0.25) is 5.91 Å². The molecule has 3 aromatic carbocycles. The van der Waals surface area contributed by atoms with Crippen LogP contribution in [0.1, 0.15) is 28.8 Å². The number of alkyl halides is 3. The van der Waals surface area contributed by atoms with Crippen LogP contribution >= 0.6 is 11.3 Å². The number of carboxylic acid groups (broad SMARTS) is 1. The maximum absolute atomic E-state index is 14.2. The number of carbonyl (C=O) groups is 3. The average Bonchev–Trinajstić information content (AvgIpc) is 3.60. The number of aliphatic carboxylic acids is 1. The highest BCUT2D eigenvalue weighted by atomic mass is 32.2. The minimum atomic E-state index is -5.19. The normalized spacial score (nSPS) is 17.3. The summed E-state index contributed by atoms with van der Waals surface area (Å²) in [5.74, 6) is -2.24. The van der Waals surface area contributed by atoms with Crippen LogP contribution in [0, 0.1) is 6.92 Å². The van der Waals surface area contributed by atoms with Gasteiger partial charge >= 0.3 is 22.3 Å². The Bertz CT molecular complexity index is 2130. The monoisotopic (exact) mass is 836 g/mol. The van der Waals surface area contributed by atoms with E-state index in [-0.39, 0.29) is 28.9 Å². The number of anilines is 1. The van der Waals surface area contributed by atoms with Crippen LogP contribution in [0.4, 0.5) is 23.7 Å². The van der Waals surface area contributed by atoms with E-state index in [1.807, 2.05) is 25.1 Å². The van der Waals surface area contributed by atoms with E-state index in [0.29, 0.717) is 41.2 Å². The fourth-order valence-corrected chi connectivity index (χ4v) is 8.49. The summed E-state index contributed by atoms with van der Waals surface area (Å²) >= 11 is 1.31. The number of likely N-dealkylation sites (tertiary alicyclic amines) is 1. The van der Waals surface area contributed by atoms with Crippen molar-refractivity contribution in [3.8, 4) is 23.0 Å². The molecule has 1 fully saturated rings. The Morgan fingerprint density at radius 3 is 2.18 bits per heavy atom. The number of quaternary nitrogens is 1. The highest BCUT2D eigenvalue weighted by Gasteiger charge is 2.41. The SMILES string of the molecule is COc1ccc(C[N+]2(C)CCC[C@H](N(C(=O)Nc3ccc(OS(=O)(=O)c4csc(C)c4)cc3)[C@@H](Cc3ccc(O)cc3)C(N)=O)C2)cc1OC.O=C([O-])C(F)(F)F. The van der Waals surface area contributed by atoms with Crippen molar-refractivity contribution >= 4 is 45.0 Å². The molecule has 57 heavy (non-hydrogen) atoms. The molecule has 308 valence electrons. The Hall–Kier alpha value is -5.53. The van der Waals surface area contributed by atoms with Gasteiger partial charge in [-0.05, 0) is 86.0 Å². The summed E-state index contributed by atoms with van der Waals surface area (Å²) in [7, 11) is 1.29. The molecule has 1 aromatic heterocycles. The zero-order valence-corrected chi connectivity index (χ0v) is 33.1. The number of piperidine rings is 1. The van der Waals surface area contributed by atoms with Crippen molar-refractivity contribution in [1.82, 2.24) is 4.90 Å². The van der Waals surface area contributed by atoms with Crippen LogP contribution in [-0.2, 0) is 32.7 Å². The molecular formula is C38H43F3N4O10S2. The number of hydrogen-bond donors (Lipinski definition) is 3. The number of halogens is 3. The third-order valence-corrected chi connectivity index (χ3v) is 11.3. The summed E-state index contributed by atoms with van der Waals surface area (Å²) in [4.78, 5) is 38.6. The number of benzene rings is 3. The first-order valence-electron chi connectivity index (χ1n) is 17.3. The number of primary amides is 1. The number of nitrogens with one attached hydrogen (secondary N) is 1. The van der Waals surface area contributed by atoms with Crippen LogP contribution in [0.25, 0.3) is 0 Å². The Balaban J connectivity index is 0.000000940. The number of urea groups is 1. The third kappa shape index (κ3) is 12.2. The van der Waals surface area contributed by atoms with Crippen LogP contribution < -0.4 is 29.8 Å². The van der Waals surface area contributed by atoms with Crippen molar-refractivity contribution < 1.29 is 64.3 Å². The highest BCUT2D eigenvalue weighted by molar-refractivity contribution is 7.87. The largest absolute Gasteiger partial charge is 0.542 e. The molecule has 4 aromatic rings. The van der Waals surface area contributed by atoms with Crippen LogP contribution in [0.3, 0.4) is 0 Å². The number of carboxylic acids is 1. The van der Waals surface area contributed by atoms with Gasteiger partial charge in [0.05, 0.1) is 40.4 Å². The number of rotatable bonds is 13. The van der Waals surface area contributed by atoms with Crippen molar-refractivity contribution in [2.45, 2.75) is 55.9 Å². The van der Waals surface area contributed by atoms with Crippen molar-refractivity contribution in [3.05, 3.63) is 94.2 Å². The van der Waals surface area contributed by atoms with Gasteiger partial charge in [-0.1, -0.05) is 12.1 Å². The molecule has 3 amide bonds. The first-order valence-corrected chi connectivity index (χ1v) is 19.6. The minimum absolute atomic E-state index is 0.0724. The van der Waals surface area contributed by atoms with Crippen LogP contribution in [0.15, 0.2) is 83.1 Å². The van der Waals surface area contributed by atoms with E-state index in [1.54, 1.807) is 37.3 Å². The Morgan fingerprint density at radius 2 is 1.63 bits per heavy atom. The number of phenols is 1. The average molecular weight is 837 g/mol. The maximum atomic E-state index is 14.2. The summed E-state index contributed by atoms with van der Waals surface area (Å²) in [6.07, 6.45) is -3.60. The topological polar surface area (TPSA) is 198 Å². The fourth-order valence-electron chi connectivity index (χ4n) is 6.45. The summed E-state index contributed by atoms with van der Waals surface area (Å²) in [5.41, 5.74) is 8.16. The number of nitrogens with two attached hydrogens (primary N) is 1. The van der Waals surface area contributed by atoms with Gasteiger partial charge in [0, 0.05) is 27.9 Å². The van der Waals surface area contributed by atoms with E-state index in [9.17, 15) is 36.3 Å². The Morgan fingerprint density at radius 1 is 1.02 bits per heavy atom. The smallest absolute Gasteiger partial charge is 0.430 e. The van der Waals surface area contributed by atoms with Crippen LogP contribution in [0.2, 0.25) is 0 Å². The number of amides is 3. The number of likely N-dealkylation sites (N-methyl/N-ethyl adjacent to an activating group) is 1. The lowest BCUT2D eigenvalue weighted by atomic mass is 9.96. The summed E-state index contributed by atoms with van der Waals surface area (Å²) in [5, 5.41) is 23.0. The van der Waals surface area contributed by atoms with E-state index in [0.717, 1.165) is 29.0 Å². The number of methoxy groups -OCH3 is 2. The molecule has 19 heteroatoms. The van der Waals surface area contributed by atoms with E-state index in [1.165, 1.54) is 53.1 Å². The van der Waals surface area contributed by atoms with Gasteiger partial charge in [-0.2, -0.15) is 21.6 Å². The number of aryl methyl sites for hydroxylation is 1. The quantitative estimate of drug-likeness (QED) is 0.127. The molecule has 1 unspecified atom stereocenters. The van der Waals surface area contributed by atoms with Crippen LogP contribution in [-0.4, -0.2) is 93.4 Å². The molecule has 3 atom stereocenters. The first-order chi connectivity index (χ1) is 26.7. The molecule has 1 aliphatic heterocycles. The number of hydrogen-bond acceptors (Lipinski definition) is 11. The molecule has 1 aliphatic rings. The van der Waals surface area contributed by atoms with Gasteiger partial charge in [-0.15, -0.1) is 11.3 Å². The second kappa shape index (κ2) is 18.6. The number of carbonyl (C=O) groups excluding carboxylic acids is 3. The molecule has 14 nitrogen and oxygen atoms in total. The lowest BCUT2D eigenvalue weighted by Crippen LogP contribution is -2.62. The zero-order chi connectivity index (χ0) is 42.1. The van der Waals surface area contributed by atoms with Gasteiger partial charge in [0.25, 0.3) is 0 Å². The zero-order valence-electron chi connectivity index (χ0n) is 31.4. The molecule has 5 rings (SSSR count). The number of ether oxygens (including phenoxy) is 2. The van der Waals surface area contributed by atoms with Gasteiger partial charge in [0.1, 0.15) is 35.0 Å². The standard InChI is InChI=1S/C36H42N4O8S2.C2HF3O2/c1-24-18-31(23-49-24)50(44,45)48-30-14-10-27(11-15-30)38-36(43)39(32(35(37)42)19-25-7-12-29(41)13-8-25)28-6-5-17-40(2,22-28)21-26-9-16-33(46-3)34(20-26)47-4;3-2(4,5)1(6)7/h7-16,18,20,23,28,32H,5-6,17,19,21-22H2,1-4H3,(H3-,37,38,41,42,43);(H,6,7)/t28-,32-,40?;/m0./s1. The van der Waals surface area contributed by atoms with E-state index < -0.39 is 40.2 Å². The summed E-state index contributed by atoms with van der Waals surface area (Å²) < 4.78 is 73.8. The number of nitrogens with zero attached hydrogens (tertiary/aromatic N) is 2. The molecular weight excluding hydrogens is 794 g/mol. The number of phenolic OH excluding ortho intramolecular Hbond substituents is 1. The van der Waals surface area contributed by atoms with Crippen molar-refractivity contribution in [2.75, 3.05) is 39.7 Å². The lowest BCUT2D eigenvalue weighted by molar-refractivity contribution is -0.928. The predicted octanol–water partition coefficient (Wildman–Crippen LogP) is 4.59. The molecule has 0 bridgehead atoms. The number of thiophene rings is 1. The molecule has 4 N–H and O–H groups in total. The molecule has 0 saturated carbocycles. The summed E-state index contributed by atoms with van der Waals surface area (Å²) in [6, 6.07) is 17.9.